The molecule has 3 heteroatoms. The van der Waals surface area contributed by atoms with Gasteiger partial charge in [-0.05, 0) is 38.6 Å². The molecule has 0 fully saturated rings. The van der Waals surface area contributed by atoms with E-state index in [1.54, 1.807) is 0 Å². The van der Waals surface area contributed by atoms with Gasteiger partial charge in [-0.3, -0.25) is 4.79 Å². The topological polar surface area (TPSA) is 41.1 Å². The van der Waals surface area contributed by atoms with Crippen LogP contribution in [0.1, 0.15) is 73.1 Å². The first kappa shape index (κ1) is 18.4. The lowest BCUT2D eigenvalue weighted by molar-refractivity contribution is -0.123. The Kier molecular flexibility index (Phi) is 10.9. The number of hydrogen-bond donors (Lipinski definition) is 2. The lowest BCUT2D eigenvalue weighted by Gasteiger charge is -2.22. The maximum Gasteiger partial charge on any atom is 0.237 e. The summed E-state index contributed by atoms with van der Waals surface area (Å²) in [6.07, 6.45) is 7.00. The van der Waals surface area contributed by atoms with Gasteiger partial charge in [0.05, 0.1) is 6.04 Å². The summed E-state index contributed by atoms with van der Waals surface area (Å²) in [6, 6.07) is 0.232. The number of carbonyl (C=O) groups excluding carboxylic acids is 1. The second kappa shape index (κ2) is 11.3. The summed E-state index contributed by atoms with van der Waals surface area (Å²) in [5.41, 5.74) is 0. The van der Waals surface area contributed by atoms with Crippen molar-refractivity contribution >= 4 is 5.91 Å². The number of hydrogen-bond acceptors (Lipinski definition) is 2. The van der Waals surface area contributed by atoms with Crippen molar-refractivity contribution in [1.29, 1.82) is 0 Å². The third kappa shape index (κ3) is 8.25. The molecule has 2 atom stereocenters. The molecule has 0 bridgehead atoms. The van der Waals surface area contributed by atoms with Gasteiger partial charge in [0.2, 0.25) is 5.91 Å². The Hall–Kier alpha value is -0.570. The fourth-order valence-corrected chi connectivity index (χ4v) is 2.20. The van der Waals surface area contributed by atoms with Crippen molar-refractivity contribution in [3.8, 4) is 0 Å². The van der Waals surface area contributed by atoms with Crippen LogP contribution < -0.4 is 10.6 Å². The van der Waals surface area contributed by atoms with E-state index in [-0.39, 0.29) is 11.9 Å². The van der Waals surface area contributed by atoms with Gasteiger partial charge in [0.15, 0.2) is 0 Å². The standard InChI is InChI=1S/C16H34N2O/c1-6-10-11-14(7-2)12-17-13(5)16(19)18-15(8-3)9-4/h13-15,17H,6-12H2,1-5H3,(H,18,19). The first-order chi connectivity index (χ1) is 9.08. The summed E-state index contributed by atoms with van der Waals surface area (Å²) in [4.78, 5) is 12.0. The maximum absolute atomic E-state index is 12.0. The van der Waals surface area contributed by atoms with E-state index in [4.69, 9.17) is 0 Å². The first-order valence-corrected chi connectivity index (χ1v) is 8.12. The van der Waals surface area contributed by atoms with Crippen LogP contribution in [0, 0.1) is 5.92 Å². The van der Waals surface area contributed by atoms with E-state index in [0.29, 0.717) is 12.0 Å². The first-order valence-electron chi connectivity index (χ1n) is 8.12. The van der Waals surface area contributed by atoms with Gasteiger partial charge in [-0.15, -0.1) is 0 Å². The van der Waals surface area contributed by atoms with E-state index >= 15 is 0 Å². The summed E-state index contributed by atoms with van der Waals surface area (Å²) in [5, 5.41) is 6.48. The van der Waals surface area contributed by atoms with Crippen LogP contribution in [0.3, 0.4) is 0 Å². The summed E-state index contributed by atoms with van der Waals surface area (Å²) in [7, 11) is 0. The number of amides is 1. The number of rotatable bonds is 11. The number of nitrogens with one attached hydrogen (secondary N) is 2. The number of unbranched alkanes of at least 4 members (excludes halogenated alkanes) is 1. The van der Waals surface area contributed by atoms with Crippen LogP contribution in [0.4, 0.5) is 0 Å². The minimum absolute atomic E-state index is 0.0868. The predicted octanol–water partition coefficient (Wildman–Crippen LogP) is 3.49. The summed E-state index contributed by atoms with van der Waals surface area (Å²) < 4.78 is 0. The largest absolute Gasteiger partial charge is 0.352 e. The molecule has 0 spiro atoms. The highest BCUT2D eigenvalue weighted by Gasteiger charge is 2.16. The third-order valence-corrected chi connectivity index (χ3v) is 3.98. The molecule has 0 radical (unpaired) electrons. The summed E-state index contributed by atoms with van der Waals surface area (Å²) in [6.45, 7) is 11.6. The lowest BCUT2D eigenvalue weighted by atomic mass is 9.99. The lowest BCUT2D eigenvalue weighted by Crippen LogP contribution is -2.47. The second-order valence-electron chi connectivity index (χ2n) is 5.57. The fraction of sp³-hybridized carbons (Fsp3) is 0.938. The monoisotopic (exact) mass is 270 g/mol. The van der Waals surface area contributed by atoms with E-state index in [2.05, 4.69) is 38.3 Å². The zero-order chi connectivity index (χ0) is 14.7. The Balaban J connectivity index is 4.00. The van der Waals surface area contributed by atoms with Gasteiger partial charge in [-0.2, -0.15) is 0 Å². The Morgan fingerprint density at radius 1 is 1.05 bits per heavy atom. The molecule has 0 aromatic carbocycles. The van der Waals surface area contributed by atoms with E-state index in [1.165, 1.54) is 25.7 Å². The summed E-state index contributed by atoms with van der Waals surface area (Å²) >= 11 is 0. The average molecular weight is 270 g/mol. The molecule has 0 aliphatic carbocycles. The van der Waals surface area contributed by atoms with Crippen molar-refractivity contribution in [2.75, 3.05) is 6.54 Å². The molecular weight excluding hydrogens is 236 g/mol. The van der Waals surface area contributed by atoms with E-state index in [0.717, 1.165) is 19.4 Å². The molecule has 0 heterocycles. The van der Waals surface area contributed by atoms with Gasteiger partial charge in [0.25, 0.3) is 0 Å². The zero-order valence-corrected chi connectivity index (χ0v) is 13.6. The van der Waals surface area contributed by atoms with Crippen molar-refractivity contribution < 1.29 is 4.79 Å². The molecule has 114 valence electrons. The molecule has 0 saturated carbocycles. The van der Waals surface area contributed by atoms with Crippen LogP contribution in [0.25, 0.3) is 0 Å². The van der Waals surface area contributed by atoms with Crippen LogP contribution in [0.15, 0.2) is 0 Å². The molecule has 0 aromatic rings. The maximum atomic E-state index is 12.0. The van der Waals surface area contributed by atoms with E-state index < -0.39 is 0 Å². The zero-order valence-electron chi connectivity index (χ0n) is 13.6. The Morgan fingerprint density at radius 3 is 2.16 bits per heavy atom. The minimum Gasteiger partial charge on any atom is -0.352 e. The van der Waals surface area contributed by atoms with Gasteiger partial charge in [0, 0.05) is 6.04 Å². The fourth-order valence-electron chi connectivity index (χ4n) is 2.20. The molecule has 1 amide bonds. The molecule has 0 aliphatic rings. The average Bonchev–Trinajstić information content (AvgIpc) is 2.44. The minimum atomic E-state index is -0.0868. The highest BCUT2D eigenvalue weighted by Crippen LogP contribution is 2.11. The second-order valence-corrected chi connectivity index (χ2v) is 5.57. The molecule has 0 rings (SSSR count). The Morgan fingerprint density at radius 2 is 1.68 bits per heavy atom. The normalized spacial score (nSPS) is 14.4. The Bertz CT molecular complexity index is 227. The molecular formula is C16H34N2O. The smallest absolute Gasteiger partial charge is 0.237 e. The highest BCUT2D eigenvalue weighted by molar-refractivity contribution is 5.81. The van der Waals surface area contributed by atoms with Crippen LogP contribution >= 0.6 is 0 Å². The van der Waals surface area contributed by atoms with Crippen LogP contribution in [0.5, 0.6) is 0 Å². The van der Waals surface area contributed by atoms with Gasteiger partial charge in [0.1, 0.15) is 0 Å². The molecule has 0 aliphatic heterocycles. The quantitative estimate of drug-likeness (QED) is 0.603. The molecule has 0 saturated heterocycles. The van der Waals surface area contributed by atoms with Crippen molar-refractivity contribution in [1.82, 2.24) is 10.6 Å². The number of carbonyl (C=O) groups is 1. The van der Waals surface area contributed by atoms with Gasteiger partial charge in [-0.25, -0.2) is 0 Å². The highest BCUT2D eigenvalue weighted by atomic mass is 16.2. The van der Waals surface area contributed by atoms with E-state index in [1.807, 2.05) is 6.92 Å². The van der Waals surface area contributed by atoms with Crippen LogP contribution in [-0.4, -0.2) is 24.5 Å². The van der Waals surface area contributed by atoms with Crippen LogP contribution in [-0.2, 0) is 4.79 Å². The van der Waals surface area contributed by atoms with Gasteiger partial charge >= 0.3 is 0 Å². The summed E-state index contributed by atoms with van der Waals surface area (Å²) in [5.74, 6) is 0.836. The van der Waals surface area contributed by atoms with E-state index in [9.17, 15) is 4.79 Å². The Labute approximate surface area is 119 Å². The SMILES string of the molecule is CCCCC(CC)CNC(C)C(=O)NC(CC)CC. The van der Waals surface area contributed by atoms with Gasteiger partial charge in [-0.1, -0.05) is 47.0 Å². The van der Waals surface area contributed by atoms with Crippen molar-refractivity contribution in [3.05, 3.63) is 0 Å². The molecule has 3 nitrogen and oxygen atoms in total. The van der Waals surface area contributed by atoms with Crippen molar-refractivity contribution in [2.24, 2.45) is 5.92 Å². The predicted molar refractivity (Wildman–Crippen MR) is 83.3 cm³/mol. The van der Waals surface area contributed by atoms with Crippen molar-refractivity contribution in [2.45, 2.75) is 85.2 Å². The molecule has 2 N–H and O–H groups in total. The molecule has 19 heavy (non-hydrogen) atoms. The molecule has 2 unspecified atom stereocenters. The van der Waals surface area contributed by atoms with Gasteiger partial charge < -0.3 is 10.6 Å². The molecule has 0 aromatic heterocycles. The van der Waals surface area contributed by atoms with Crippen LogP contribution in [0.2, 0.25) is 0 Å². The third-order valence-electron chi connectivity index (χ3n) is 3.98. The van der Waals surface area contributed by atoms with Crippen molar-refractivity contribution in [3.63, 3.8) is 0 Å².